The molecule has 0 bridgehead atoms. The number of aliphatic hydroxyl groups is 1. The Balaban J connectivity index is 1.07. The summed E-state index contributed by atoms with van der Waals surface area (Å²) in [4.78, 5) is 40.0. The highest BCUT2D eigenvalue weighted by Crippen LogP contribution is 2.39. The molecule has 3 heterocycles. The summed E-state index contributed by atoms with van der Waals surface area (Å²) < 4.78 is 38.7. The summed E-state index contributed by atoms with van der Waals surface area (Å²) in [5, 5.41) is 16.6. The predicted octanol–water partition coefficient (Wildman–Crippen LogP) is 3.31. The molecule has 1 atom stereocenters. The number of pyridine rings is 1. The summed E-state index contributed by atoms with van der Waals surface area (Å²) in [5.74, 6) is -0.562. The fraction of sp³-hybridized carbons (Fsp3) is 0.414. The summed E-state index contributed by atoms with van der Waals surface area (Å²) in [6.07, 6.45) is 3.93. The third-order valence-electron chi connectivity index (χ3n) is 7.81. The number of alkyl halides is 3. The number of carbonyl (C=O) groups is 2. The zero-order valence-electron chi connectivity index (χ0n) is 22.3. The Bertz CT molecular complexity index is 1360. The minimum absolute atomic E-state index is 0.0943. The van der Waals surface area contributed by atoms with E-state index in [9.17, 15) is 27.9 Å². The van der Waals surface area contributed by atoms with Crippen molar-refractivity contribution >= 4 is 11.8 Å². The maximum atomic E-state index is 12.9. The molecule has 1 aliphatic heterocycles. The van der Waals surface area contributed by atoms with Crippen molar-refractivity contribution in [2.45, 2.75) is 56.0 Å². The highest BCUT2D eigenvalue weighted by atomic mass is 19.4. The molecule has 3 N–H and O–H groups in total. The smallest absolute Gasteiger partial charge is 0.384 e. The quantitative estimate of drug-likeness (QED) is 0.400. The zero-order valence-corrected chi connectivity index (χ0v) is 22.3. The van der Waals surface area contributed by atoms with Crippen LogP contribution in [0.3, 0.4) is 0 Å². The average Bonchev–Trinajstić information content (AvgIpc) is 3.44. The second-order valence-electron chi connectivity index (χ2n) is 10.6. The van der Waals surface area contributed by atoms with E-state index in [-0.39, 0.29) is 24.2 Å². The monoisotopic (exact) mass is 568 g/mol. The van der Waals surface area contributed by atoms with Crippen molar-refractivity contribution < 1.29 is 27.9 Å². The highest BCUT2D eigenvalue weighted by Gasteiger charge is 2.39. The Morgan fingerprint density at radius 3 is 2.46 bits per heavy atom. The number of nitrogens with one attached hydrogen (secondary N) is 2. The lowest BCUT2D eigenvalue weighted by atomic mass is 9.79. The number of aromatic nitrogens is 3. The van der Waals surface area contributed by atoms with E-state index in [1.165, 1.54) is 6.07 Å². The first-order chi connectivity index (χ1) is 19.6. The van der Waals surface area contributed by atoms with E-state index >= 15 is 0 Å². The summed E-state index contributed by atoms with van der Waals surface area (Å²) in [5.41, 5.74) is -0.665. The lowest BCUT2D eigenvalue weighted by Crippen LogP contribution is -2.45. The Morgan fingerprint density at radius 2 is 1.78 bits per heavy atom. The van der Waals surface area contributed by atoms with Gasteiger partial charge in [-0.05, 0) is 68.5 Å². The number of carbonyl (C=O) groups excluding carboxylic acids is 2. The molecule has 1 aliphatic carbocycles. The van der Waals surface area contributed by atoms with Crippen LogP contribution in [0.25, 0.3) is 11.4 Å². The van der Waals surface area contributed by atoms with Crippen LogP contribution in [0.1, 0.15) is 53.7 Å². The Hall–Kier alpha value is -3.90. The van der Waals surface area contributed by atoms with Crippen LogP contribution in [0.15, 0.2) is 61.1 Å². The molecule has 9 nitrogen and oxygen atoms in total. The third kappa shape index (κ3) is 6.88. The first kappa shape index (κ1) is 28.6. The van der Waals surface area contributed by atoms with E-state index in [4.69, 9.17) is 0 Å². The summed E-state index contributed by atoms with van der Waals surface area (Å²) in [6.45, 7) is 1.12. The lowest BCUT2D eigenvalue weighted by molar-refractivity contribution is -0.137. The molecule has 216 valence electrons. The maximum absolute atomic E-state index is 12.9. The highest BCUT2D eigenvalue weighted by molar-refractivity contribution is 5.96. The fourth-order valence-corrected chi connectivity index (χ4v) is 5.57. The molecular formula is C29H31F3N6O3. The standard InChI is InChI=1S/C29H31F3N6O3/c30-29(31,32)21-4-1-3-19(15-21)27(40)36-17-25(39)37-22-9-14-38(18-22)23-7-10-28(41,11-8-23)24-6-5-20(16-35-24)26-33-12-2-13-34-26/h1-6,12-13,15-16,22-23,41H,7-11,14,17-18H2,(H,36,40)(H,37,39)/t22-,23?,28?/m1/s1. The van der Waals surface area contributed by atoms with E-state index in [0.29, 0.717) is 30.9 Å². The van der Waals surface area contributed by atoms with Crippen molar-refractivity contribution in [1.82, 2.24) is 30.5 Å². The van der Waals surface area contributed by atoms with Gasteiger partial charge < -0.3 is 15.7 Å². The molecule has 2 fully saturated rings. The molecule has 2 amide bonds. The molecule has 0 spiro atoms. The molecule has 41 heavy (non-hydrogen) atoms. The van der Waals surface area contributed by atoms with Gasteiger partial charge in [0.1, 0.15) is 5.60 Å². The van der Waals surface area contributed by atoms with Crippen LogP contribution in [0.2, 0.25) is 0 Å². The van der Waals surface area contributed by atoms with Gasteiger partial charge in [0.25, 0.3) is 5.91 Å². The Labute approximate surface area is 235 Å². The predicted molar refractivity (Wildman–Crippen MR) is 143 cm³/mol. The molecule has 2 aromatic heterocycles. The molecule has 3 aromatic rings. The number of rotatable bonds is 7. The minimum Gasteiger partial charge on any atom is -0.384 e. The molecule has 1 aromatic carbocycles. The van der Waals surface area contributed by atoms with Crippen LogP contribution < -0.4 is 10.6 Å². The van der Waals surface area contributed by atoms with Crippen LogP contribution in [0, 0.1) is 0 Å². The first-order valence-electron chi connectivity index (χ1n) is 13.6. The van der Waals surface area contributed by atoms with Gasteiger partial charge in [0.05, 0.1) is 17.8 Å². The third-order valence-corrected chi connectivity index (χ3v) is 7.81. The number of benzene rings is 1. The maximum Gasteiger partial charge on any atom is 0.416 e. The van der Waals surface area contributed by atoms with Crippen molar-refractivity contribution in [2.24, 2.45) is 0 Å². The van der Waals surface area contributed by atoms with Gasteiger partial charge in [-0.1, -0.05) is 6.07 Å². The largest absolute Gasteiger partial charge is 0.416 e. The van der Waals surface area contributed by atoms with Crippen LogP contribution in [0.4, 0.5) is 13.2 Å². The zero-order chi connectivity index (χ0) is 29.0. The second-order valence-corrected chi connectivity index (χ2v) is 10.6. The number of hydrogen-bond donors (Lipinski definition) is 3. The normalized spacial score (nSPS) is 23.2. The van der Waals surface area contributed by atoms with Crippen molar-refractivity contribution in [3.63, 3.8) is 0 Å². The minimum atomic E-state index is -4.56. The average molecular weight is 569 g/mol. The van der Waals surface area contributed by atoms with Crippen molar-refractivity contribution in [1.29, 1.82) is 0 Å². The van der Waals surface area contributed by atoms with Crippen LogP contribution in [-0.2, 0) is 16.6 Å². The van der Waals surface area contributed by atoms with Gasteiger partial charge >= 0.3 is 6.18 Å². The van der Waals surface area contributed by atoms with Crippen LogP contribution in [-0.4, -0.2) is 68.5 Å². The van der Waals surface area contributed by atoms with Gasteiger partial charge in [-0.2, -0.15) is 13.2 Å². The summed E-state index contributed by atoms with van der Waals surface area (Å²) in [6, 6.07) is 9.71. The molecular weight excluding hydrogens is 537 g/mol. The van der Waals surface area contributed by atoms with Crippen molar-refractivity contribution in [3.8, 4) is 11.4 Å². The van der Waals surface area contributed by atoms with Crippen LogP contribution in [0.5, 0.6) is 0 Å². The second kappa shape index (κ2) is 11.9. The first-order valence-corrected chi connectivity index (χ1v) is 13.6. The molecule has 1 saturated heterocycles. The summed E-state index contributed by atoms with van der Waals surface area (Å²) in [7, 11) is 0. The van der Waals surface area contributed by atoms with E-state index in [1.54, 1.807) is 24.7 Å². The number of halogens is 3. The molecule has 2 aliphatic rings. The molecule has 5 rings (SSSR count). The van der Waals surface area contributed by atoms with Gasteiger partial charge in [0.2, 0.25) is 5.91 Å². The van der Waals surface area contributed by atoms with E-state index < -0.39 is 29.2 Å². The van der Waals surface area contributed by atoms with Gasteiger partial charge in [0, 0.05) is 54.9 Å². The van der Waals surface area contributed by atoms with Crippen LogP contribution >= 0.6 is 0 Å². The van der Waals surface area contributed by atoms with E-state index in [0.717, 1.165) is 49.6 Å². The van der Waals surface area contributed by atoms with Gasteiger partial charge in [-0.3, -0.25) is 19.5 Å². The molecule has 1 saturated carbocycles. The lowest BCUT2D eigenvalue weighted by Gasteiger charge is -2.39. The Morgan fingerprint density at radius 1 is 1.02 bits per heavy atom. The number of hydrogen-bond acceptors (Lipinski definition) is 7. The Kier molecular flexibility index (Phi) is 8.32. The number of amides is 2. The van der Waals surface area contributed by atoms with Gasteiger partial charge in [-0.15, -0.1) is 0 Å². The fourth-order valence-electron chi connectivity index (χ4n) is 5.57. The van der Waals surface area contributed by atoms with Gasteiger partial charge in [0.15, 0.2) is 5.82 Å². The van der Waals surface area contributed by atoms with Crippen molar-refractivity contribution in [3.05, 3.63) is 77.9 Å². The molecule has 12 heteroatoms. The van der Waals surface area contributed by atoms with E-state index in [1.807, 2.05) is 12.1 Å². The van der Waals surface area contributed by atoms with Gasteiger partial charge in [-0.25, -0.2) is 9.97 Å². The molecule has 0 unspecified atom stereocenters. The van der Waals surface area contributed by atoms with E-state index in [2.05, 4.69) is 30.5 Å². The molecule has 0 radical (unpaired) electrons. The summed E-state index contributed by atoms with van der Waals surface area (Å²) >= 11 is 0. The number of nitrogens with zero attached hydrogens (tertiary/aromatic N) is 4. The number of likely N-dealkylation sites (tertiary alicyclic amines) is 1. The SMILES string of the molecule is O=C(CNC(=O)c1cccc(C(F)(F)F)c1)N[C@@H]1CCN(C2CCC(O)(c3ccc(-c4ncccn4)cn3)CC2)C1. The van der Waals surface area contributed by atoms with Crippen molar-refractivity contribution in [2.75, 3.05) is 19.6 Å². The topological polar surface area (TPSA) is 120 Å².